The van der Waals surface area contributed by atoms with Crippen molar-refractivity contribution in [2.24, 2.45) is 17.8 Å². The molecule has 6 nitrogen and oxygen atoms in total. The molecule has 0 spiro atoms. The minimum atomic E-state index is -0.764. The summed E-state index contributed by atoms with van der Waals surface area (Å²) in [6.45, 7) is 13.8. The maximum absolute atomic E-state index is 12.9. The van der Waals surface area contributed by atoms with E-state index in [2.05, 4.69) is 41.5 Å². The van der Waals surface area contributed by atoms with Gasteiger partial charge in [0, 0.05) is 19.3 Å². The van der Waals surface area contributed by atoms with Crippen molar-refractivity contribution >= 4 is 17.9 Å². The lowest BCUT2D eigenvalue weighted by Gasteiger charge is -2.18. The first-order valence-electron chi connectivity index (χ1n) is 31.6. The predicted octanol–water partition coefficient (Wildman–Crippen LogP) is 21.1. The number of ether oxygens (including phenoxy) is 3. The topological polar surface area (TPSA) is 78.9 Å². The molecule has 0 rings (SSSR count). The Balaban J connectivity index is 4.29. The van der Waals surface area contributed by atoms with Gasteiger partial charge in [-0.25, -0.2) is 0 Å². The summed E-state index contributed by atoms with van der Waals surface area (Å²) in [6.07, 6.45) is 59.6. The summed E-state index contributed by atoms with van der Waals surface area (Å²) >= 11 is 0. The molecular weight excluding hydrogens is 865 g/mol. The zero-order chi connectivity index (χ0) is 51.2. The molecule has 0 heterocycles. The molecule has 70 heavy (non-hydrogen) atoms. The summed E-state index contributed by atoms with van der Waals surface area (Å²) in [5, 5.41) is 0. The van der Waals surface area contributed by atoms with Gasteiger partial charge < -0.3 is 14.2 Å². The molecule has 0 saturated heterocycles. The number of hydrogen-bond donors (Lipinski definition) is 0. The average Bonchev–Trinajstić information content (AvgIpc) is 3.32. The third kappa shape index (κ3) is 57.3. The Morgan fingerprint density at radius 2 is 0.414 bits per heavy atom. The monoisotopic (exact) mass is 989 g/mol. The standard InChI is InChI=1S/C64H124O6/c1-58(2)50-44-38-32-26-20-14-9-7-8-10-17-23-29-35-41-47-53-62(65)68-56-61(70-64(67)55-49-43-37-31-25-19-13-16-22-28-34-40-46-52-60(5)6)57-69-63(66)54-48-42-36-30-24-18-12-11-15-21-27-33-39-45-51-59(3)4/h58-61H,7-57H2,1-6H3/t61-/m0/s1. The predicted molar refractivity (Wildman–Crippen MR) is 303 cm³/mol. The van der Waals surface area contributed by atoms with E-state index in [1.807, 2.05) is 0 Å². The first kappa shape index (κ1) is 68.4. The van der Waals surface area contributed by atoms with Crippen molar-refractivity contribution in [3.8, 4) is 0 Å². The van der Waals surface area contributed by atoms with Crippen molar-refractivity contribution in [2.75, 3.05) is 13.2 Å². The minimum absolute atomic E-state index is 0.0626. The highest BCUT2D eigenvalue weighted by Crippen LogP contribution is 2.19. The first-order valence-corrected chi connectivity index (χ1v) is 31.6. The first-order chi connectivity index (χ1) is 34.1. The molecule has 416 valence electrons. The highest BCUT2D eigenvalue weighted by atomic mass is 16.6. The normalized spacial score (nSPS) is 12.1. The van der Waals surface area contributed by atoms with Crippen LogP contribution >= 0.6 is 0 Å². The van der Waals surface area contributed by atoms with E-state index >= 15 is 0 Å². The molecule has 0 fully saturated rings. The van der Waals surface area contributed by atoms with Gasteiger partial charge in [-0.15, -0.1) is 0 Å². The summed E-state index contributed by atoms with van der Waals surface area (Å²) < 4.78 is 17.0. The maximum Gasteiger partial charge on any atom is 0.306 e. The lowest BCUT2D eigenvalue weighted by molar-refractivity contribution is -0.167. The van der Waals surface area contributed by atoms with Crippen molar-refractivity contribution in [1.29, 1.82) is 0 Å². The number of hydrogen-bond acceptors (Lipinski definition) is 6. The van der Waals surface area contributed by atoms with E-state index in [-0.39, 0.29) is 31.1 Å². The van der Waals surface area contributed by atoms with E-state index in [9.17, 15) is 14.4 Å². The zero-order valence-electron chi connectivity index (χ0n) is 48.3. The molecule has 0 aliphatic rings. The second-order valence-corrected chi connectivity index (χ2v) is 23.5. The van der Waals surface area contributed by atoms with Gasteiger partial charge >= 0.3 is 17.9 Å². The van der Waals surface area contributed by atoms with Crippen molar-refractivity contribution in [1.82, 2.24) is 0 Å². The molecule has 0 saturated carbocycles. The van der Waals surface area contributed by atoms with Crippen molar-refractivity contribution in [2.45, 2.75) is 362 Å². The van der Waals surface area contributed by atoms with Crippen LogP contribution in [0.3, 0.4) is 0 Å². The number of rotatable bonds is 57. The van der Waals surface area contributed by atoms with Gasteiger partial charge in [0.15, 0.2) is 6.10 Å². The smallest absolute Gasteiger partial charge is 0.306 e. The molecule has 0 amide bonds. The summed E-state index contributed by atoms with van der Waals surface area (Å²) in [6, 6.07) is 0. The fourth-order valence-electron chi connectivity index (χ4n) is 9.88. The molecule has 0 aromatic rings. The third-order valence-corrected chi connectivity index (χ3v) is 14.6. The van der Waals surface area contributed by atoms with Gasteiger partial charge in [0.05, 0.1) is 0 Å². The van der Waals surface area contributed by atoms with Gasteiger partial charge in [-0.3, -0.25) is 14.4 Å². The molecule has 0 bridgehead atoms. The Bertz CT molecular complexity index is 1090. The Labute approximate surface area is 438 Å². The third-order valence-electron chi connectivity index (χ3n) is 14.6. The lowest BCUT2D eigenvalue weighted by Crippen LogP contribution is -2.30. The molecule has 0 unspecified atom stereocenters. The van der Waals surface area contributed by atoms with Crippen molar-refractivity contribution in [3.05, 3.63) is 0 Å². The van der Waals surface area contributed by atoms with Crippen LogP contribution in [-0.4, -0.2) is 37.2 Å². The molecule has 1 atom stereocenters. The molecular formula is C64H124O6. The van der Waals surface area contributed by atoms with E-state index in [0.717, 1.165) is 75.5 Å². The highest BCUT2D eigenvalue weighted by molar-refractivity contribution is 5.71. The zero-order valence-corrected chi connectivity index (χ0v) is 48.3. The van der Waals surface area contributed by atoms with Crippen LogP contribution in [0.2, 0.25) is 0 Å². The van der Waals surface area contributed by atoms with Crippen LogP contribution in [0.5, 0.6) is 0 Å². The fourth-order valence-corrected chi connectivity index (χ4v) is 9.88. The summed E-state index contributed by atoms with van der Waals surface area (Å²) in [5.41, 5.74) is 0. The SMILES string of the molecule is CC(C)CCCCCCCCCCCCCCCCCCC(=O)OC[C@@H](COC(=O)CCCCCCCCCCCCCCCCC(C)C)OC(=O)CCCCCCCCCCCCCCCC(C)C. The number of carbonyl (C=O) groups is 3. The van der Waals surface area contributed by atoms with E-state index in [4.69, 9.17) is 14.2 Å². The summed E-state index contributed by atoms with van der Waals surface area (Å²) in [4.78, 5) is 38.3. The molecule has 0 aliphatic carbocycles. The van der Waals surface area contributed by atoms with Gasteiger partial charge in [0.2, 0.25) is 0 Å². The maximum atomic E-state index is 12.9. The van der Waals surface area contributed by atoms with Gasteiger partial charge in [0.1, 0.15) is 13.2 Å². The van der Waals surface area contributed by atoms with Gasteiger partial charge in [-0.2, -0.15) is 0 Å². The Kier molecular flexibility index (Phi) is 53.9. The van der Waals surface area contributed by atoms with Gasteiger partial charge in [-0.1, -0.05) is 318 Å². The Hall–Kier alpha value is -1.59. The minimum Gasteiger partial charge on any atom is -0.462 e. The van der Waals surface area contributed by atoms with Gasteiger partial charge in [0.25, 0.3) is 0 Å². The van der Waals surface area contributed by atoms with E-state index in [1.54, 1.807) is 0 Å². The highest BCUT2D eigenvalue weighted by Gasteiger charge is 2.19. The number of carbonyl (C=O) groups excluding carboxylic acids is 3. The van der Waals surface area contributed by atoms with Crippen LogP contribution in [0.1, 0.15) is 356 Å². The van der Waals surface area contributed by atoms with Crippen LogP contribution in [0.15, 0.2) is 0 Å². The molecule has 0 N–H and O–H groups in total. The number of esters is 3. The Morgan fingerprint density at radius 3 is 0.614 bits per heavy atom. The molecule has 0 aromatic heterocycles. The Morgan fingerprint density at radius 1 is 0.243 bits per heavy atom. The van der Waals surface area contributed by atoms with Gasteiger partial charge in [-0.05, 0) is 37.0 Å². The molecule has 6 heteroatoms. The second-order valence-electron chi connectivity index (χ2n) is 23.5. The van der Waals surface area contributed by atoms with Crippen molar-refractivity contribution < 1.29 is 28.6 Å². The average molecular weight is 990 g/mol. The summed E-state index contributed by atoms with van der Waals surface area (Å²) in [5.74, 6) is 1.70. The van der Waals surface area contributed by atoms with Crippen LogP contribution in [-0.2, 0) is 28.6 Å². The van der Waals surface area contributed by atoms with Crippen LogP contribution in [0.25, 0.3) is 0 Å². The quantitative estimate of drug-likeness (QED) is 0.0343. The van der Waals surface area contributed by atoms with Crippen molar-refractivity contribution in [3.63, 3.8) is 0 Å². The molecule has 0 radical (unpaired) electrons. The van der Waals surface area contributed by atoms with E-state index < -0.39 is 6.10 Å². The second kappa shape index (κ2) is 55.2. The van der Waals surface area contributed by atoms with E-state index in [1.165, 1.54) is 238 Å². The van der Waals surface area contributed by atoms with Crippen LogP contribution < -0.4 is 0 Å². The van der Waals surface area contributed by atoms with Crippen LogP contribution in [0, 0.1) is 17.8 Å². The summed E-state index contributed by atoms with van der Waals surface area (Å²) in [7, 11) is 0. The molecule has 0 aliphatic heterocycles. The largest absolute Gasteiger partial charge is 0.462 e. The fraction of sp³-hybridized carbons (Fsp3) is 0.953. The van der Waals surface area contributed by atoms with E-state index in [0.29, 0.717) is 19.3 Å². The lowest BCUT2D eigenvalue weighted by atomic mass is 10.0. The van der Waals surface area contributed by atoms with Crippen LogP contribution in [0.4, 0.5) is 0 Å². The number of unbranched alkanes of at least 4 members (excludes halogenated alkanes) is 40. The molecule has 0 aromatic carbocycles.